The maximum atomic E-state index is 13.1. The van der Waals surface area contributed by atoms with Gasteiger partial charge in [0.15, 0.2) is 0 Å². The SMILES string of the molecule is CCCCC(CC)CN1C(=O)c2ccc(C(=O)O)c3c(C(=O)O)ccc(c23)C1=O. The quantitative estimate of drug-likeness (QED) is 0.650. The Morgan fingerprint density at radius 3 is 1.83 bits per heavy atom. The van der Waals surface area contributed by atoms with Gasteiger partial charge in [-0.05, 0) is 36.6 Å². The number of carbonyl (C=O) groups is 4. The summed E-state index contributed by atoms with van der Waals surface area (Å²) < 4.78 is 0. The minimum atomic E-state index is -1.32. The summed E-state index contributed by atoms with van der Waals surface area (Å²) in [5.41, 5.74) is -0.168. The molecule has 0 fully saturated rings. The average Bonchev–Trinajstić information content (AvgIpc) is 2.70. The summed E-state index contributed by atoms with van der Waals surface area (Å²) in [6.07, 6.45) is 3.76. The number of carboxylic acid groups (broad SMARTS) is 2. The average molecular weight is 397 g/mol. The van der Waals surface area contributed by atoms with Gasteiger partial charge in [0.25, 0.3) is 11.8 Å². The van der Waals surface area contributed by atoms with Crippen molar-refractivity contribution in [3.05, 3.63) is 46.5 Å². The Hall–Kier alpha value is -3.22. The van der Waals surface area contributed by atoms with Crippen LogP contribution in [-0.4, -0.2) is 45.4 Å². The summed E-state index contributed by atoms with van der Waals surface area (Å²) in [6, 6.07) is 5.21. The van der Waals surface area contributed by atoms with Crippen LogP contribution in [0.15, 0.2) is 24.3 Å². The maximum absolute atomic E-state index is 13.1. The Morgan fingerprint density at radius 2 is 1.41 bits per heavy atom. The third-order valence-corrected chi connectivity index (χ3v) is 5.56. The van der Waals surface area contributed by atoms with Crippen molar-refractivity contribution in [3.8, 4) is 0 Å². The molecule has 1 unspecified atom stereocenters. The molecule has 0 saturated carbocycles. The highest BCUT2D eigenvalue weighted by Crippen LogP contribution is 2.35. The van der Waals surface area contributed by atoms with Crippen LogP contribution in [0.25, 0.3) is 10.8 Å². The van der Waals surface area contributed by atoms with E-state index in [1.54, 1.807) is 0 Å². The van der Waals surface area contributed by atoms with Crippen LogP contribution in [0.5, 0.6) is 0 Å². The maximum Gasteiger partial charge on any atom is 0.336 e. The fourth-order valence-corrected chi connectivity index (χ4v) is 3.93. The number of aromatic carboxylic acids is 2. The van der Waals surface area contributed by atoms with Crippen molar-refractivity contribution >= 4 is 34.5 Å². The first-order valence-electron chi connectivity index (χ1n) is 9.74. The van der Waals surface area contributed by atoms with Gasteiger partial charge in [0, 0.05) is 28.4 Å². The third kappa shape index (κ3) is 3.48. The van der Waals surface area contributed by atoms with Gasteiger partial charge in [-0.2, -0.15) is 0 Å². The van der Waals surface area contributed by atoms with Crippen molar-refractivity contribution in [2.45, 2.75) is 39.5 Å². The number of unbranched alkanes of at least 4 members (excludes halogenated alkanes) is 1. The van der Waals surface area contributed by atoms with Crippen molar-refractivity contribution in [1.29, 1.82) is 0 Å². The predicted molar refractivity (Wildman–Crippen MR) is 107 cm³/mol. The molecule has 7 nitrogen and oxygen atoms in total. The van der Waals surface area contributed by atoms with Gasteiger partial charge < -0.3 is 10.2 Å². The van der Waals surface area contributed by atoms with E-state index in [9.17, 15) is 29.4 Å². The Bertz CT molecular complexity index is 957. The van der Waals surface area contributed by atoms with Crippen LogP contribution in [0, 0.1) is 5.92 Å². The Labute approximate surface area is 167 Å². The van der Waals surface area contributed by atoms with Gasteiger partial charge in [0.05, 0.1) is 11.1 Å². The topological polar surface area (TPSA) is 112 Å². The van der Waals surface area contributed by atoms with Crippen LogP contribution in [-0.2, 0) is 0 Å². The molecule has 1 atom stereocenters. The molecular formula is C22H23NO6. The van der Waals surface area contributed by atoms with Gasteiger partial charge in [-0.25, -0.2) is 9.59 Å². The van der Waals surface area contributed by atoms with Crippen LogP contribution < -0.4 is 0 Å². The van der Waals surface area contributed by atoms with Crippen molar-refractivity contribution < 1.29 is 29.4 Å². The van der Waals surface area contributed by atoms with E-state index in [0.717, 1.165) is 25.7 Å². The molecule has 0 aliphatic carbocycles. The zero-order valence-electron chi connectivity index (χ0n) is 16.4. The molecule has 0 bridgehead atoms. The van der Waals surface area contributed by atoms with Crippen LogP contribution in [0.3, 0.4) is 0 Å². The normalized spacial score (nSPS) is 14.3. The Morgan fingerprint density at radius 1 is 0.897 bits per heavy atom. The summed E-state index contributed by atoms with van der Waals surface area (Å²) >= 11 is 0. The van der Waals surface area contributed by atoms with Crippen molar-refractivity contribution in [2.24, 2.45) is 5.92 Å². The van der Waals surface area contributed by atoms with Gasteiger partial charge in [0.2, 0.25) is 0 Å². The monoisotopic (exact) mass is 397 g/mol. The summed E-state index contributed by atoms with van der Waals surface area (Å²) in [4.78, 5) is 50.7. The number of benzene rings is 2. The molecule has 1 heterocycles. The molecule has 2 N–H and O–H groups in total. The summed E-state index contributed by atoms with van der Waals surface area (Å²) in [7, 11) is 0. The van der Waals surface area contributed by atoms with E-state index in [-0.39, 0.29) is 45.5 Å². The second-order valence-corrected chi connectivity index (χ2v) is 7.32. The largest absolute Gasteiger partial charge is 0.478 e. The van der Waals surface area contributed by atoms with Crippen LogP contribution in [0.2, 0.25) is 0 Å². The van der Waals surface area contributed by atoms with Gasteiger partial charge in [0.1, 0.15) is 0 Å². The van der Waals surface area contributed by atoms with Gasteiger partial charge in [-0.3, -0.25) is 14.5 Å². The molecular weight excluding hydrogens is 374 g/mol. The first-order valence-corrected chi connectivity index (χ1v) is 9.74. The second-order valence-electron chi connectivity index (χ2n) is 7.32. The van der Waals surface area contributed by atoms with Crippen molar-refractivity contribution in [1.82, 2.24) is 4.90 Å². The molecule has 3 rings (SSSR count). The molecule has 1 aliphatic heterocycles. The van der Waals surface area contributed by atoms with Gasteiger partial charge in [-0.15, -0.1) is 0 Å². The summed E-state index contributed by atoms with van der Waals surface area (Å²) in [5.74, 6) is -3.48. The summed E-state index contributed by atoms with van der Waals surface area (Å²) in [6.45, 7) is 4.39. The Kier molecular flexibility index (Phi) is 5.68. The molecule has 0 radical (unpaired) electrons. The fourth-order valence-electron chi connectivity index (χ4n) is 3.93. The Balaban J connectivity index is 2.17. The predicted octanol–water partition coefficient (Wildman–Crippen LogP) is 4.05. The summed E-state index contributed by atoms with van der Waals surface area (Å²) in [5, 5.41) is 19.0. The van der Waals surface area contributed by atoms with Crippen LogP contribution >= 0.6 is 0 Å². The highest BCUT2D eigenvalue weighted by atomic mass is 16.4. The molecule has 7 heteroatoms. The highest BCUT2D eigenvalue weighted by Gasteiger charge is 2.36. The number of rotatable bonds is 8. The van der Waals surface area contributed by atoms with Crippen LogP contribution in [0.4, 0.5) is 0 Å². The minimum absolute atomic E-state index is 0.0839. The van der Waals surface area contributed by atoms with E-state index in [1.807, 2.05) is 6.92 Å². The molecule has 0 saturated heterocycles. The number of carboxylic acids is 2. The van der Waals surface area contributed by atoms with Gasteiger partial charge >= 0.3 is 11.9 Å². The zero-order valence-corrected chi connectivity index (χ0v) is 16.4. The molecule has 0 aromatic heterocycles. The van der Waals surface area contributed by atoms with E-state index in [1.165, 1.54) is 29.2 Å². The lowest BCUT2D eigenvalue weighted by atomic mass is 9.87. The van der Waals surface area contributed by atoms with Crippen molar-refractivity contribution in [3.63, 3.8) is 0 Å². The lowest BCUT2D eigenvalue weighted by Crippen LogP contribution is -2.43. The zero-order chi connectivity index (χ0) is 21.3. The molecule has 2 aromatic rings. The van der Waals surface area contributed by atoms with Gasteiger partial charge in [-0.1, -0.05) is 33.1 Å². The number of nitrogens with zero attached hydrogens (tertiary/aromatic N) is 1. The standard InChI is InChI=1S/C22H23NO6/c1-3-5-6-12(4-2)11-23-19(24)13-7-9-15(21(26)27)18-16(22(28)29)10-8-14(17(13)18)20(23)25/h7-10,12H,3-6,11H2,1-2H3,(H,26,27)(H,28,29). The number of hydrogen-bond donors (Lipinski definition) is 2. The molecule has 152 valence electrons. The second kappa shape index (κ2) is 8.03. The van der Waals surface area contributed by atoms with Crippen molar-refractivity contribution in [2.75, 3.05) is 6.54 Å². The molecule has 2 aromatic carbocycles. The van der Waals surface area contributed by atoms with E-state index in [4.69, 9.17) is 0 Å². The smallest absolute Gasteiger partial charge is 0.336 e. The van der Waals surface area contributed by atoms with E-state index >= 15 is 0 Å². The third-order valence-electron chi connectivity index (χ3n) is 5.56. The number of hydrogen-bond acceptors (Lipinski definition) is 4. The minimum Gasteiger partial charge on any atom is -0.478 e. The first-order chi connectivity index (χ1) is 13.8. The lowest BCUT2D eigenvalue weighted by Gasteiger charge is -2.30. The van der Waals surface area contributed by atoms with E-state index in [2.05, 4.69) is 6.92 Å². The first kappa shape index (κ1) is 20.5. The van der Waals surface area contributed by atoms with E-state index < -0.39 is 23.8 Å². The molecule has 0 spiro atoms. The molecule has 29 heavy (non-hydrogen) atoms. The fraction of sp³-hybridized carbons (Fsp3) is 0.364. The molecule has 1 aliphatic rings. The van der Waals surface area contributed by atoms with Crippen LogP contribution in [0.1, 0.15) is 81.0 Å². The lowest BCUT2D eigenvalue weighted by molar-refractivity contribution is 0.0575. The molecule has 2 amide bonds. The number of amides is 2. The van der Waals surface area contributed by atoms with E-state index in [0.29, 0.717) is 0 Å². The number of carbonyl (C=O) groups excluding carboxylic acids is 2. The highest BCUT2D eigenvalue weighted by molar-refractivity contribution is 6.29. The number of imide groups is 1.